The van der Waals surface area contributed by atoms with Crippen molar-refractivity contribution in [3.8, 4) is 11.5 Å². The number of halogens is 3. The van der Waals surface area contributed by atoms with Gasteiger partial charge in [-0.3, -0.25) is 4.79 Å². The van der Waals surface area contributed by atoms with Crippen LogP contribution in [0.25, 0.3) is 11.0 Å². The van der Waals surface area contributed by atoms with Gasteiger partial charge < -0.3 is 18.9 Å². The fourth-order valence-electron chi connectivity index (χ4n) is 4.17. The standard InChI is InChI=1S/C22H22F3N3O3/c1-30-14-9-10-19(31-2)15(12-14)17-8-5-11-27(17)20(29)13-28-18-7-4-3-6-16(18)26-21(28)22(23,24)25/h3-4,6-7,9-10,12,17H,5,8,11,13H2,1-2H3/t17-/m1/s1. The molecule has 1 fully saturated rings. The van der Waals surface area contributed by atoms with Crippen LogP contribution in [-0.2, 0) is 17.5 Å². The van der Waals surface area contributed by atoms with E-state index in [1.165, 1.54) is 12.1 Å². The number of aromatic nitrogens is 2. The van der Waals surface area contributed by atoms with E-state index in [0.717, 1.165) is 16.6 Å². The highest BCUT2D eigenvalue weighted by Gasteiger charge is 2.39. The molecule has 1 aliphatic heterocycles. The van der Waals surface area contributed by atoms with E-state index in [2.05, 4.69) is 4.98 Å². The molecule has 0 aliphatic carbocycles. The minimum atomic E-state index is -4.67. The number of hydrogen-bond donors (Lipinski definition) is 0. The molecule has 1 aromatic heterocycles. The number of methoxy groups -OCH3 is 2. The predicted molar refractivity (Wildman–Crippen MR) is 108 cm³/mol. The Bertz CT molecular complexity index is 1110. The van der Waals surface area contributed by atoms with Crippen molar-refractivity contribution in [2.24, 2.45) is 0 Å². The number of ether oxygens (including phenoxy) is 2. The van der Waals surface area contributed by atoms with Crippen LogP contribution >= 0.6 is 0 Å². The normalized spacial score (nSPS) is 16.7. The molecule has 0 bridgehead atoms. The van der Waals surface area contributed by atoms with Crippen LogP contribution < -0.4 is 9.47 Å². The summed E-state index contributed by atoms with van der Waals surface area (Å²) in [6.07, 6.45) is -3.24. The first kappa shape index (κ1) is 21.0. The van der Waals surface area contributed by atoms with E-state index < -0.39 is 24.5 Å². The second-order valence-corrected chi connectivity index (χ2v) is 7.36. The SMILES string of the molecule is COc1ccc(OC)c([C@H]2CCCN2C(=O)Cn2c(C(F)(F)F)nc3ccccc32)c1. The van der Waals surface area contributed by atoms with Crippen molar-refractivity contribution >= 4 is 16.9 Å². The zero-order valence-corrected chi connectivity index (χ0v) is 17.1. The van der Waals surface area contributed by atoms with E-state index in [4.69, 9.17) is 9.47 Å². The number of fused-ring (bicyclic) bond motifs is 1. The van der Waals surface area contributed by atoms with Crippen molar-refractivity contribution in [1.29, 1.82) is 0 Å². The fraction of sp³-hybridized carbons (Fsp3) is 0.364. The summed E-state index contributed by atoms with van der Waals surface area (Å²) in [5, 5.41) is 0. The fourth-order valence-corrected chi connectivity index (χ4v) is 4.17. The summed E-state index contributed by atoms with van der Waals surface area (Å²) >= 11 is 0. The average Bonchev–Trinajstić information content (AvgIpc) is 3.38. The summed E-state index contributed by atoms with van der Waals surface area (Å²) in [4.78, 5) is 18.6. The van der Waals surface area contributed by atoms with Gasteiger partial charge in [-0.2, -0.15) is 13.2 Å². The Kier molecular flexibility index (Phi) is 5.51. The third kappa shape index (κ3) is 3.92. The monoisotopic (exact) mass is 433 g/mol. The quantitative estimate of drug-likeness (QED) is 0.597. The van der Waals surface area contributed by atoms with Crippen LogP contribution in [0.3, 0.4) is 0 Å². The maximum atomic E-state index is 13.6. The Balaban J connectivity index is 1.68. The predicted octanol–water partition coefficient (Wildman–Crippen LogP) is 4.44. The lowest BCUT2D eigenvalue weighted by atomic mass is 10.0. The lowest BCUT2D eigenvalue weighted by molar-refractivity contribution is -0.148. The van der Waals surface area contributed by atoms with Crippen molar-refractivity contribution in [1.82, 2.24) is 14.5 Å². The maximum Gasteiger partial charge on any atom is 0.449 e. The number of nitrogens with zero attached hydrogens (tertiary/aromatic N) is 3. The summed E-state index contributed by atoms with van der Waals surface area (Å²) in [5.74, 6) is -0.248. The number of rotatable bonds is 5. The Morgan fingerprint density at radius 2 is 1.94 bits per heavy atom. The third-order valence-corrected chi connectivity index (χ3v) is 5.57. The summed E-state index contributed by atoms with van der Waals surface area (Å²) in [6, 6.07) is 11.3. The van der Waals surface area contributed by atoms with Crippen LogP contribution in [0.15, 0.2) is 42.5 Å². The number of alkyl halides is 3. The molecule has 0 unspecified atom stereocenters. The first-order valence-electron chi connectivity index (χ1n) is 9.87. The number of likely N-dealkylation sites (tertiary alicyclic amines) is 1. The number of carbonyl (C=O) groups excluding carboxylic acids is 1. The van der Waals surface area contributed by atoms with Gasteiger partial charge in [0.05, 0.1) is 31.3 Å². The molecule has 1 saturated heterocycles. The van der Waals surface area contributed by atoms with E-state index in [9.17, 15) is 18.0 Å². The summed E-state index contributed by atoms with van der Waals surface area (Å²) in [6.45, 7) is 0.00991. The number of imidazole rings is 1. The first-order chi connectivity index (χ1) is 14.8. The van der Waals surface area contributed by atoms with Crippen molar-refractivity contribution in [2.75, 3.05) is 20.8 Å². The molecule has 4 rings (SSSR count). The Morgan fingerprint density at radius 3 is 2.65 bits per heavy atom. The van der Waals surface area contributed by atoms with Crippen LogP contribution in [-0.4, -0.2) is 41.1 Å². The van der Waals surface area contributed by atoms with Gasteiger partial charge in [0.2, 0.25) is 11.7 Å². The molecule has 1 aliphatic rings. The molecular formula is C22H22F3N3O3. The van der Waals surface area contributed by atoms with Gasteiger partial charge in [0.25, 0.3) is 0 Å². The highest BCUT2D eigenvalue weighted by Crippen LogP contribution is 2.39. The first-order valence-corrected chi connectivity index (χ1v) is 9.87. The van der Waals surface area contributed by atoms with Crippen molar-refractivity contribution < 1.29 is 27.4 Å². The van der Waals surface area contributed by atoms with E-state index >= 15 is 0 Å². The van der Waals surface area contributed by atoms with Gasteiger partial charge in [-0.15, -0.1) is 0 Å². The van der Waals surface area contributed by atoms with Crippen molar-refractivity contribution in [2.45, 2.75) is 31.6 Å². The van der Waals surface area contributed by atoms with Crippen LogP contribution in [0.4, 0.5) is 13.2 Å². The molecule has 2 heterocycles. The average molecular weight is 433 g/mol. The van der Waals surface area contributed by atoms with Gasteiger partial charge in [0.1, 0.15) is 18.0 Å². The van der Waals surface area contributed by atoms with E-state index in [1.54, 1.807) is 43.4 Å². The molecule has 1 atom stereocenters. The molecule has 0 spiro atoms. The molecule has 0 radical (unpaired) electrons. The zero-order chi connectivity index (χ0) is 22.2. The Labute approximate surface area is 177 Å². The number of carbonyl (C=O) groups is 1. The van der Waals surface area contributed by atoms with Crippen molar-refractivity contribution in [3.05, 3.63) is 53.9 Å². The van der Waals surface area contributed by atoms with Gasteiger partial charge in [-0.05, 0) is 43.2 Å². The smallest absolute Gasteiger partial charge is 0.449 e. The highest BCUT2D eigenvalue weighted by atomic mass is 19.4. The van der Waals surface area contributed by atoms with Crippen LogP contribution in [0, 0.1) is 0 Å². The molecule has 31 heavy (non-hydrogen) atoms. The lowest BCUT2D eigenvalue weighted by Crippen LogP contribution is -2.34. The maximum absolute atomic E-state index is 13.6. The van der Waals surface area contributed by atoms with Gasteiger partial charge >= 0.3 is 6.18 Å². The molecule has 1 amide bonds. The number of amides is 1. The second kappa shape index (κ2) is 8.13. The Hall–Kier alpha value is -3.23. The van der Waals surface area contributed by atoms with Gasteiger partial charge in [0.15, 0.2) is 0 Å². The molecule has 6 nitrogen and oxygen atoms in total. The molecule has 3 aromatic rings. The van der Waals surface area contributed by atoms with Crippen LogP contribution in [0.5, 0.6) is 11.5 Å². The minimum absolute atomic E-state index is 0.204. The molecule has 9 heteroatoms. The minimum Gasteiger partial charge on any atom is -0.497 e. The summed E-state index contributed by atoms with van der Waals surface area (Å²) < 4.78 is 52.5. The lowest BCUT2D eigenvalue weighted by Gasteiger charge is -2.27. The van der Waals surface area contributed by atoms with E-state index in [-0.39, 0.29) is 17.1 Å². The van der Waals surface area contributed by atoms with Crippen LogP contribution in [0.2, 0.25) is 0 Å². The van der Waals surface area contributed by atoms with Gasteiger partial charge in [-0.25, -0.2) is 4.98 Å². The van der Waals surface area contributed by atoms with Gasteiger partial charge in [0, 0.05) is 12.1 Å². The molecule has 0 N–H and O–H groups in total. The molecular weight excluding hydrogens is 411 g/mol. The summed E-state index contributed by atoms with van der Waals surface area (Å²) in [5.41, 5.74) is 1.26. The van der Waals surface area contributed by atoms with E-state index in [1.807, 2.05) is 6.07 Å². The van der Waals surface area contributed by atoms with E-state index in [0.29, 0.717) is 24.5 Å². The van der Waals surface area contributed by atoms with Gasteiger partial charge in [-0.1, -0.05) is 12.1 Å². The van der Waals surface area contributed by atoms with Crippen LogP contribution in [0.1, 0.15) is 30.3 Å². The molecule has 164 valence electrons. The number of hydrogen-bond acceptors (Lipinski definition) is 4. The second-order valence-electron chi connectivity index (χ2n) is 7.36. The number of benzene rings is 2. The topological polar surface area (TPSA) is 56.6 Å². The largest absolute Gasteiger partial charge is 0.497 e. The zero-order valence-electron chi connectivity index (χ0n) is 17.1. The third-order valence-electron chi connectivity index (χ3n) is 5.57. The molecule has 2 aromatic carbocycles. The highest BCUT2D eigenvalue weighted by molar-refractivity contribution is 5.82. The summed E-state index contributed by atoms with van der Waals surface area (Å²) in [7, 11) is 3.09. The molecule has 0 saturated carbocycles. The van der Waals surface area contributed by atoms with Crippen molar-refractivity contribution in [3.63, 3.8) is 0 Å². The number of para-hydroxylation sites is 2. The Morgan fingerprint density at radius 1 is 1.16 bits per heavy atom.